The van der Waals surface area contributed by atoms with Gasteiger partial charge in [0.05, 0.1) is 6.04 Å². The lowest BCUT2D eigenvalue weighted by Crippen LogP contribution is -2.36. The number of nitrogens with two attached hydrogens (primary N) is 1. The van der Waals surface area contributed by atoms with E-state index in [1.165, 1.54) is 0 Å². The molecule has 0 amide bonds. The minimum atomic E-state index is -0.172. The molecule has 0 aromatic heterocycles. The molecule has 8 heavy (non-hydrogen) atoms. The van der Waals surface area contributed by atoms with Gasteiger partial charge in [-0.3, -0.25) is 4.79 Å². The van der Waals surface area contributed by atoms with Crippen LogP contribution in [0.2, 0.25) is 0 Å². The third-order valence-corrected chi connectivity index (χ3v) is 2.29. The summed E-state index contributed by atoms with van der Waals surface area (Å²) < 4.78 is 0. The zero-order chi connectivity index (χ0) is 5.98. The van der Waals surface area contributed by atoms with E-state index in [-0.39, 0.29) is 11.8 Å². The lowest BCUT2D eigenvalue weighted by atomic mass is 10.2. The molecule has 1 fully saturated rings. The minimum absolute atomic E-state index is 0.172. The Labute approximate surface area is 52.8 Å². The summed E-state index contributed by atoms with van der Waals surface area (Å²) in [4.78, 5) is 10.7. The second-order valence-corrected chi connectivity index (χ2v) is 3.05. The number of carbonyl (C=O) groups excluding carboxylic acids is 1. The van der Waals surface area contributed by atoms with E-state index in [2.05, 4.69) is 0 Å². The van der Waals surface area contributed by atoms with E-state index >= 15 is 0 Å². The second-order valence-electron chi connectivity index (χ2n) is 1.90. The molecule has 3 heteroatoms. The monoisotopic (exact) mass is 131 g/mol. The Morgan fingerprint density at radius 1 is 1.75 bits per heavy atom. The molecule has 1 atom stereocenters. The van der Waals surface area contributed by atoms with Gasteiger partial charge in [-0.1, -0.05) is 0 Å². The molecular formula is C5H9NOS. The van der Waals surface area contributed by atoms with Gasteiger partial charge in [0.1, 0.15) is 0 Å². The van der Waals surface area contributed by atoms with Crippen LogP contribution in [0.15, 0.2) is 0 Å². The average Bonchev–Trinajstić information content (AvgIpc) is 1.77. The zero-order valence-electron chi connectivity index (χ0n) is 4.59. The largest absolute Gasteiger partial charge is 0.321 e. The highest BCUT2D eigenvalue weighted by Crippen LogP contribution is 2.11. The van der Waals surface area contributed by atoms with Crippen LogP contribution >= 0.6 is 11.8 Å². The van der Waals surface area contributed by atoms with Crippen molar-refractivity contribution in [2.45, 2.75) is 12.5 Å². The highest BCUT2D eigenvalue weighted by atomic mass is 32.2. The van der Waals surface area contributed by atoms with Crippen LogP contribution in [0.4, 0.5) is 0 Å². The molecule has 0 saturated carbocycles. The summed E-state index contributed by atoms with van der Waals surface area (Å²) in [5, 5.41) is 0. The Morgan fingerprint density at radius 3 is 2.88 bits per heavy atom. The van der Waals surface area contributed by atoms with Gasteiger partial charge in [-0.25, -0.2) is 0 Å². The topological polar surface area (TPSA) is 43.1 Å². The van der Waals surface area contributed by atoms with Crippen molar-refractivity contribution in [2.24, 2.45) is 5.73 Å². The number of ketones is 1. The van der Waals surface area contributed by atoms with E-state index in [1.807, 2.05) is 0 Å². The van der Waals surface area contributed by atoms with Crippen molar-refractivity contribution in [2.75, 3.05) is 11.5 Å². The van der Waals surface area contributed by atoms with Crippen LogP contribution in [0.3, 0.4) is 0 Å². The maximum Gasteiger partial charge on any atom is 0.151 e. The summed E-state index contributed by atoms with van der Waals surface area (Å²) in [7, 11) is 0. The first kappa shape index (κ1) is 6.11. The number of thioether (sulfide) groups is 1. The van der Waals surface area contributed by atoms with Crippen molar-refractivity contribution in [3.63, 3.8) is 0 Å². The standard InChI is InChI=1S/C5H9NOS/c6-4-3-8-2-1-5(4)7/h4H,1-3,6H2/t4-/m1/s1. The summed E-state index contributed by atoms with van der Waals surface area (Å²) in [6.07, 6.45) is 0.672. The zero-order valence-corrected chi connectivity index (χ0v) is 5.41. The summed E-state index contributed by atoms with van der Waals surface area (Å²) >= 11 is 1.76. The Bertz CT molecular complexity index is 105. The van der Waals surface area contributed by atoms with Gasteiger partial charge in [-0.15, -0.1) is 0 Å². The van der Waals surface area contributed by atoms with Crippen LogP contribution in [0, 0.1) is 0 Å². The Balaban J connectivity index is 2.39. The summed E-state index contributed by atoms with van der Waals surface area (Å²) in [6, 6.07) is -0.172. The fourth-order valence-corrected chi connectivity index (χ4v) is 1.61. The fourth-order valence-electron chi connectivity index (χ4n) is 0.661. The van der Waals surface area contributed by atoms with Gasteiger partial charge < -0.3 is 5.73 Å². The quantitative estimate of drug-likeness (QED) is 0.504. The normalized spacial score (nSPS) is 30.6. The summed E-state index contributed by atoms with van der Waals surface area (Å²) in [5.41, 5.74) is 5.41. The van der Waals surface area contributed by atoms with E-state index in [0.717, 1.165) is 11.5 Å². The van der Waals surface area contributed by atoms with Crippen molar-refractivity contribution in [3.05, 3.63) is 0 Å². The molecule has 1 saturated heterocycles. The van der Waals surface area contributed by atoms with E-state index in [4.69, 9.17) is 5.73 Å². The molecule has 1 rings (SSSR count). The Hall–Kier alpha value is -0.0200. The summed E-state index contributed by atoms with van der Waals surface area (Å²) in [6.45, 7) is 0. The van der Waals surface area contributed by atoms with Crippen LogP contribution in [0.1, 0.15) is 6.42 Å². The first-order valence-corrected chi connectivity index (χ1v) is 3.82. The SMILES string of the molecule is N[C@@H]1CSCCC1=O. The number of hydrogen-bond donors (Lipinski definition) is 1. The lowest BCUT2D eigenvalue weighted by molar-refractivity contribution is -0.119. The predicted octanol–water partition coefficient (Wildman–Crippen LogP) is 0.0197. The summed E-state index contributed by atoms with van der Waals surface area (Å²) in [5.74, 6) is 2.01. The van der Waals surface area contributed by atoms with Crippen LogP contribution in [0.25, 0.3) is 0 Å². The van der Waals surface area contributed by atoms with Crippen LogP contribution < -0.4 is 5.73 Å². The van der Waals surface area contributed by atoms with E-state index in [0.29, 0.717) is 6.42 Å². The predicted molar refractivity (Wildman–Crippen MR) is 34.9 cm³/mol. The first-order chi connectivity index (χ1) is 3.80. The van der Waals surface area contributed by atoms with Crippen molar-refractivity contribution >= 4 is 17.5 Å². The highest BCUT2D eigenvalue weighted by Gasteiger charge is 2.17. The maximum atomic E-state index is 10.7. The molecule has 1 aliphatic heterocycles. The fraction of sp³-hybridized carbons (Fsp3) is 0.800. The van der Waals surface area contributed by atoms with E-state index in [9.17, 15) is 4.79 Å². The number of rotatable bonds is 0. The minimum Gasteiger partial charge on any atom is -0.321 e. The average molecular weight is 131 g/mol. The Morgan fingerprint density at radius 2 is 2.50 bits per heavy atom. The molecule has 0 spiro atoms. The van der Waals surface area contributed by atoms with Gasteiger partial charge in [0.25, 0.3) is 0 Å². The van der Waals surface area contributed by atoms with Gasteiger partial charge in [0, 0.05) is 17.9 Å². The van der Waals surface area contributed by atoms with Crippen molar-refractivity contribution in [1.29, 1.82) is 0 Å². The highest BCUT2D eigenvalue weighted by molar-refractivity contribution is 7.99. The molecule has 0 aromatic carbocycles. The van der Waals surface area contributed by atoms with Gasteiger partial charge in [-0.2, -0.15) is 11.8 Å². The molecule has 0 aromatic rings. The molecule has 2 N–H and O–H groups in total. The molecule has 0 unspecified atom stereocenters. The molecule has 0 bridgehead atoms. The molecule has 0 radical (unpaired) electrons. The van der Waals surface area contributed by atoms with E-state index < -0.39 is 0 Å². The molecule has 0 aliphatic carbocycles. The van der Waals surface area contributed by atoms with Crippen molar-refractivity contribution < 1.29 is 4.79 Å². The number of hydrogen-bond acceptors (Lipinski definition) is 3. The van der Waals surface area contributed by atoms with Crippen molar-refractivity contribution in [1.82, 2.24) is 0 Å². The van der Waals surface area contributed by atoms with Gasteiger partial charge in [-0.05, 0) is 0 Å². The van der Waals surface area contributed by atoms with Crippen LogP contribution in [-0.4, -0.2) is 23.3 Å². The van der Waals surface area contributed by atoms with Crippen molar-refractivity contribution in [3.8, 4) is 0 Å². The van der Waals surface area contributed by atoms with Gasteiger partial charge >= 0.3 is 0 Å². The van der Waals surface area contributed by atoms with Crippen LogP contribution in [-0.2, 0) is 4.79 Å². The third kappa shape index (κ3) is 1.23. The molecule has 1 heterocycles. The molecular weight excluding hydrogens is 122 g/mol. The maximum absolute atomic E-state index is 10.7. The third-order valence-electron chi connectivity index (χ3n) is 1.20. The van der Waals surface area contributed by atoms with Gasteiger partial charge in [0.15, 0.2) is 5.78 Å². The van der Waals surface area contributed by atoms with Crippen LogP contribution in [0.5, 0.6) is 0 Å². The molecule has 1 aliphatic rings. The number of Topliss-reactive ketones (excluding diaryl/α,β-unsaturated/α-hetero) is 1. The molecule has 2 nitrogen and oxygen atoms in total. The van der Waals surface area contributed by atoms with Gasteiger partial charge in [0.2, 0.25) is 0 Å². The van der Waals surface area contributed by atoms with E-state index in [1.54, 1.807) is 11.8 Å². The molecule has 46 valence electrons. The first-order valence-electron chi connectivity index (χ1n) is 2.67. The Kier molecular flexibility index (Phi) is 1.91. The smallest absolute Gasteiger partial charge is 0.151 e. The lowest BCUT2D eigenvalue weighted by Gasteiger charge is -2.14. The second kappa shape index (κ2) is 2.51. The number of carbonyl (C=O) groups is 1.